The Morgan fingerprint density at radius 1 is 1.29 bits per heavy atom. The molecule has 21 heavy (non-hydrogen) atoms. The summed E-state index contributed by atoms with van der Waals surface area (Å²) in [5, 5.41) is 7.08. The van der Waals surface area contributed by atoms with E-state index in [9.17, 15) is 4.79 Å². The monoisotopic (exact) mass is 287 g/mol. The summed E-state index contributed by atoms with van der Waals surface area (Å²) in [6, 6.07) is 7.24. The van der Waals surface area contributed by atoms with E-state index in [0.717, 1.165) is 10.9 Å². The number of para-hydroxylation sites is 1. The van der Waals surface area contributed by atoms with Gasteiger partial charge in [0.1, 0.15) is 17.7 Å². The van der Waals surface area contributed by atoms with E-state index in [1.165, 1.54) is 0 Å². The molecule has 0 aliphatic carbocycles. The SMILES string of the molecule is CNCc1nc(N[C@H](C(N)=O)C(C)C)c2ccccc2n1. The van der Waals surface area contributed by atoms with Gasteiger partial charge in [0.25, 0.3) is 0 Å². The largest absolute Gasteiger partial charge is 0.368 e. The molecule has 0 saturated carbocycles. The lowest BCUT2D eigenvalue weighted by Gasteiger charge is -2.20. The molecule has 6 heteroatoms. The summed E-state index contributed by atoms with van der Waals surface area (Å²) in [6.07, 6.45) is 0. The Labute approximate surface area is 124 Å². The van der Waals surface area contributed by atoms with Gasteiger partial charge >= 0.3 is 0 Å². The number of aromatic nitrogens is 2. The fraction of sp³-hybridized carbons (Fsp3) is 0.400. The Bertz CT molecular complexity index is 641. The number of amides is 1. The fourth-order valence-electron chi connectivity index (χ4n) is 2.19. The van der Waals surface area contributed by atoms with Crippen molar-refractivity contribution in [3.05, 3.63) is 30.1 Å². The van der Waals surface area contributed by atoms with Crippen LogP contribution in [0.15, 0.2) is 24.3 Å². The highest BCUT2D eigenvalue weighted by Gasteiger charge is 2.21. The lowest BCUT2D eigenvalue weighted by molar-refractivity contribution is -0.119. The molecule has 0 spiro atoms. The number of carbonyl (C=O) groups is 1. The Hall–Kier alpha value is -2.21. The molecule has 0 unspecified atom stereocenters. The average Bonchev–Trinajstić information content (AvgIpc) is 2.44. The number of benzene rings is 1. The lowest BCUT2D eigenvalue weighted by Crippen LogP contribution is -2.40. The van der Waals surface area contributed by atoms with Crippen molar-refractivity contribution in [2.24, 2.45) is 11.7 Å². The first kappa shape index (κ1) is 15.2. The molecule has 1 amide bonds. The van der Waals surface area contributed by atoms with Crippen LogP contribution in [0.5, 0.6) is 0 Å². The second-order valence-electron chi connectivity index (χ2n) is 5.30. The second-order valence-corrected chi connectivity index (χ2v) is 5.30. The van der Waals surface area contributed by atoms with Crippen LogP contribution in [0.4, 0.5) is 5.82 Å². The fourth-order valence-corrected chi connectivity index (χ4v) is 2.19. The summed E-state index contributed by atoms with van der Waals surface area (Å²) < 4.78 is 0. The normalized spacial score (nSPS) is 12.6. The van der Waals surface area contributed by atoms with Crippen LogP contribution in [0.3, 0.4) is 0 Å². The Kier molecular flexibility index (Phi) is 4.70. The topological polar surface area (TPSA) is 92.9 Å². The molecule has 1 aromatic heterocycles. The first-order chi connectivity index (χ1) is 10.0. The number of anilines is 1. The third-order valence-electron chi connectivity index (χ3n) is 3.25. The number of hydrogen-bond donors (Lipinski definition) is 3. The number of primary amides is 1. The van der Waals surface area contributed by atoms with Gasteiger partial charge in [-0.25, -0.2) is 9.97 Å². The molecule has 0 radical (unpaired) electrons. The molecule has 2 rings (SSSR count). The average molecular weight is 287 g/mol. The number of nitrogens with zero attached hydrogens (tertiary/aromatic N) is 2. The predicted molar refractivity (Wildman–Crippen MR) is 83.7 cm³/mol. The molecule has 6 nitrogen and oxygen atoms in total. The summed E-state index contributed by atoms with van der Waals surface area (Å²) in [4.78, 5) is 20.6. The minimum Gasteiger partial charge on any atom is -0.368 e. The van der Waals surface area contributed by atoms with Crippen LogP contribution >= 0.6 is 0 Å². The first-order valence-corrected chi connectivity index (χ1v) is 6.99. The first-order valence-electron chi connectivity index (χ1n) is 6.99. The van der Waals surface area contributed by atoms with E-state index >= 15 is 0 Å². The van der Waals surface area contributed by atoms with E-state index in [4.69, 9.17) is 5.73 Å². The number of hydrogen-bond acceptors (Lipinski definition) is 5. The summed E-state index contributed by atoms with van der Waals surface area (Å²) in [6.45, 7) is 4.45. The van der Waals surface area contributed by atoms with Gasteiger partial charge in [-0.2, -0.15) is 0 Å². The number of carbonyl (C=O) groups excluding carboxylic acids is 1. The highest BCUT2D eigenvalue weighted by molar-refractivity contribution is 5.91. The Balaban J connectivity index is 2.47. The molecule has 4 N–H and O–H groups in total. The highest BCUT2D eigenvalue weighted by atomic mass is 16.1. The number of fused-ring (bicyclic) bond motifs is 1. The maximum Gasteiger partial charge on any atom is 0.240 e. The van der Waals surface area contributed by atoms with Crippen molar-refractivity contribution in [3.63, 3.8) is 0 Å². The third kappa shape index (κ3) is 3.46. The van der Waals surface area contributed by atoms with Gasteiger partial charge in [-0.1, -0.05) is 26.0 Å². The molecule has 1 aromatic carbocycles. The number of rotatable bonds is 6. The van der Waals surface area contributed by atoms with Crippen LogP contribution in [0.25, 0.3) is 10.9 Å². The smallest absolute Gasteiger partial charge is 0.240 e. The van der Waals surface area contributed by atoms with Crippen molar-refractivity contribution in [1.82, 2.24) is 15.3 Å². The van der Waals surface area contributed by atoms with E-state index in [0.29, 0.717) is 18.2 Å². The zero-order chi connectivity index (χ0) is 15.4. The molecule has 0 saturated heterocycles. The summed E-state index contributed by atoms with van der Waals surface area (Å²) in [5.41, 5.74) is 6.31. The predicted octanol–water partition coefficient (Wildman–Crippen LogP) is 1.27. The quantitative estimate of drug-likeness (QED) is 0.744. The highest BCUT2D eigenvalue weighted by Crippen LogP contribution is 2.22. The van der Waals surface area contributed by atoms with Crippen molar-refractivity contribution < 1.29 is 4.79 Å². The molecule has 0 fully saturated rings. The zero-order valence-electron chi connectivity index (χ0n) is 12.6. The van der Waals surface area contributed by atoms with Crippen molar-refractivity contribution >= 4 is 22.6 Å². The van der Waals surface area contributed by atoms with Gasteiger partial charge in [0.15, 0.2) is 0 Å². The van der Waals surface area contributed by atoms with Gasteiger partial charge in [-0.15, -0.1) is 0 Å². The van der Waals surface area contributed by atoms with Crippen molar-refractivity contribution in [2.75, 3.05) is 12.4 Å². The van der Waals surface area contributed by atoms with Gasteiger partial charge in [0, 0.05) is 5.39 Å². The molecule has 0 bridgehead atoms. The van der Waals surface area contributed by atoms with E-state index in [1.807, 2.05) is 45.2 Å². The molecule has 1 heterocycles. The molecule has 2 aromatic rings. The van der Waals surface area contributed by atoms with Gasteiger partial charge in [0.2, 0.25) is 5.91 Å². The molecular weight excluding hydrogens is 266 g/mol. The van der Waals surface area contributed by atoms with Crippen LogP contribution in [-0.4, -0.2) is 29.0 Å². The maximum absolute atomic E-state index is 11.6. The molecule has 0 aliphatic rings. The molecular formula is C15H21N5O. The molecule has 0 aliphatic heterocycles. The van der Waals surface area contributed by atoms with Crippen molar-refractivity contribution in [2.45, 2.75) is 26.4 Å². The van der Waals surface area contributed by atoms with E-state index in [1.54, 1.807) is 0 Å². The summed E-state index contributed by atoms with van der Waals surface area (Å²) >= 11 is 0. The number of nitrogens with one attached hydrogen (secondary N) is 2. The van der Waals surface area contributed by atoms with E-state index in [2.05, 4.69) is 20.6 Å². The lowest BCUT2D eigenvalue weighted by atomic mass is 10.0. The van der Waals surface area contributed by atoms with Crippen LogP contribution < -0.4 is 16.4 Å². The van der Waals surface area contributed by atoms with Crippen LogP contribution in [0.2, 0.25) is 0 Å². The van der Waals surface area contributed by atoms with Gasteiger partial charge in [-0.3, -0.25) is 4.79 Å². The maximum atomic E-state index is 11.6. The van der Waals surface area contributed by atoms with Crippen LogP contribution in [0, 0.1) is 5.92 Å². The minimum absolute atomic E-state index is 0.0731. The summed E-state index contributed by atoms with van der Waals surface area (Å²) in [5.74, 6) is 1.00. The summed E-state index contributed by atoms with van der Waals surface area (Å²) in [7, 11) is 1.84. The molecule has 112 valence electrons. The van der Waals surface area contributed by atoms with E-state index < -0.39 is 6.04 Å². The molecule has 1 atom stereocenters. The second kappa shape index (κ2) is 6.49. The Morgan fingerprint density at radius 3 is 2.62 bits per heavy atom. The number of nitrogens with two attached hydrogens (primary N) is 1. The zero-order valence-corrected chi connectivity index (χ0v) is 12.6. The van der Waals surface area contributed by atoms with E-state index in [-0.39, 0.29) is 11.8 Å². The van der Waals surface area contributed by atoms with Gasteiger partial charge in [-0.05, 0) is 25.1 Å². The Morgan fingerprint density at radius 2 is 2.00 bits per heavy atom. The standard InChI is InChI=1S/C15H21N5O/c1-9(2)13(14(16)21)20-15-10-6-4-5-7-11(10)18-12(19-15)8-17-3/h4-7,9,13,17H,8H2,1-3H3,(H2,16,21)(H,18,19,20)/t13-/m0/s1. The minimum atomic E-state index is -0.467. The van der Waals surface area contributed by atoms with Crippen LogP contribution in [0.1, 0.15) is 19.7 Å². The van der Waals surface area contributed by atoms with Gasteiger partial charge in [0.05, 0.1) is 12.1 Å². The third-order valence-corrected chi connectivity index (χ3v) is 3.25. The van der Waals surface area contributed by atoms with Crippen molar-refractivity contribution in [1.29, 1.82) is 0 Å². The van der Waals surface area contributed by atoms with Crippen LogP contribution in [-0.2, 0) is 11.3 Å². The van der Waals surface area contributed by atoms with Crippen molar-refractivity contribution in [3.8, 4) is 0 Å². The van der Waals surface area contributed by atoms with Gasteiger partial charge < -0.3 is 16.4 Å².